The van der Waals surface area contributed by atoms with Gasteiger partial charge >= 0.3 is 0 Å². The average Bonchev–Trinajstić information content (AvgIpc) is 2.94. The summed E-state index contributed by atoms with van der Waals surface area (Å²) in [6.45, 7) is 5.32. The van der Waals surface area contributed by atoms with E-state index in [-0.39, 0.29) is 23.0 Å². The van der Waals surface area contributed by atoms with Gasteiger partial charge in [0.05, 0.1) is 20.6 Å². The minimum atomic E-state index is -4.19. The molecule has 3 rings (SSSR count). The van der Waals surface area contributed by atoms with E-state index in [9.17, 15) is 18.0 Å². The van der Waals surface area contributed by atoms with Crippen LogP contribution in [0, 0.1) is 6.92 Å². The lowest BCUT2D eigenvalue weighted by Gasteiger charge is -2.33. The second-order valence-corrected chi connectivity index (χ2v) is 12.3. The SMILES string of the molecule is CCCNC(=O)[C@@H](CC)N(Cc1ccc(Cl)c(Cl)c1)C(=O)CN(c1cccc(Cl)c1C)S(=O)(=O)c1ccccc1. The molecule has 1 atom stereocenters. The van der Waals surface area contributed by atoms with Crippen molar-refractivity contribution in [2.45, 2.75) is 51.1 Å². The van der Waals surface area contributed by atoms with Crippen molar-refractivity contribution in [2.24, 2.45) is 0 Å². The first kappa shape index (κ1) is 31.7. The van der Waals surface area contributed by atoms with Crippen molar-refractivity contribution in [1.82, 2.24) is 10.2 Å². The topological polar surface area (TPSA) is 86.8 Å². The van der Waals surface area contributed by atoms with Gasteiger partial charge < -0.3 is 10.2 Å². The highest BCUT2D eigenvalue weighted by Crippen LogP contribution is 2.31. The van der Waals surface area contributed by atoms with Crippen LogP contribution in [0.25, 0.3) is 0 Å². The van der Waals surface area contributed by atoms with Crippen LogP contribution in [-0.2, 0) is 26.2 Å². The number of hydrogen-bond acceptors (Lipinski definition) is 4. The van der Waals surface area contributed by atoms with E-state index < -0.39 is 28.5 Å². The van der Waals surface area contributed by atoms with Gasteiger partial charge in [-0.15, -0.1) is 0 Å². The first-order valence-electron chi connectivity index (χ1n) is 12.8. The van der Waals surface area contributed by atoms with Crippen LogP contribution in [0.5, 0.6) is 0 Å². The molecule has 40 heavy (non-hydrogen) atoms. The van der Waals surface area contributed by atoms with E-state index in [0.29, 0.717) is 39.2 Å². The molecule has 0 saturated heterocycles. The van der Waals surface area contributed by atoms with E-state index in [2.05, 4.69) is 5.32 Å². The molecule has 0 unspecified atom stereocenters. The zero-order chi connectivity index (χ0) is 29.4. The average molecular weight is 625 g/mol. The summed E-state index contributed by atoms with van der Waals surface area (Å²) in [5, 5.41) is 3.87. The monoisotopic (exact) mass is 623 g/mol. The fourth-order valence-electron chi connectivity index (χ4n) is 4.22. The van der Waals surface area contributed by atoms with Crippen molar-refractivity contribution in [3.8, 4) is 0 Å². The largest absolute Gasteiger partial charge is 0.354 e. The quantitative estimate of drug-likeness (QED) is 0.250. The molecule has 0 spiro atoms. The van der Waals surface area contributed by atoms with Crippen molar-refractivity contribution in [3.63, 3.8) is 0 Å². The molecule has 0 aliphatic rings. The molecule has 0 saturated carbocycles. The molecule has 0 aliphatic heterocycles. The van der Waals surface area contributed by atoms with Crippen molar-refractivity contribution in [2.75, 3.05) is 17.4 Å². The number of anilines is 1. The predicted molar refractivity (Wildman–Crippen MR) is 162 cm³/mol. The molecule has 7 nitrogen and oxygen atoms in total. The number of nitrogens with one attached hydrogen (secondary N) is 1. The smallest absolute Gasteiger partial charge is 0.264 e. The van der Waals surface area contributed by atoms with Gasteiger partial charge in [0.25, 0.3) is 10.0 Å². The van der Waals surface area contributed by atoms with Crippen molar-refractivity contribution >= 4 is 62.3 Å². The second-order valence-electron chi connectivity index (χ2n) is 9.19. The lowest BCUT2D eigenvalue weighted by atomic mass is 10.1. The van der Waals surface area contributed by atoms with Crippen LogP contribution in [-0.4, -0.2) is 44.3 Å². The van der Waals surface area contributed by atoms with Crippen LogP contribution >= 0.6 is 34.8 Å². The number of sulfonamides is 1. The third-order valence-corrected chi connectivity index (χ3v) is 9.31. The number of carbonyl (C=O) groups excluding carboxylic acids is 2. The van der Waals surface area contributed by atoms with E-state index in [1.54, 1.807) is 68.4 Å². The maximum absolute atomic E-state index is 14.1. The van der Waals surface area contributed by atoms with Crippen molar-refractivity contribution in [1.29, 1.82) is 0 Å². The summed E-state index contributed by atoms with van der Waals surface area (Å²) in [4.78, 5) is 28.7. The number of nitrogens with zero attached hydrogens (tertiary/aromatic N) is 2. The maximum atomic E-state index is 14.1. The summed E-state index contributed by atoms with van der Waals surface area (Å²) >= 11 is 18.7. The van der Waals surface area contributed by atoms with Gasteiger partial charge in [0.2, 0.25) is 11.8 Å². The zero-order valence-electron chi connectivity index (χ0n) is 22.5. The number of hydrogen-bond donors (Lipinski definition) is 1. The first-order valence-corrected chi connectivity index (χ1v) is 15.4. The van der Waals surface area contributed by atoms with E-state index in [1.165, 1.54) is 17.0 Å². The number of carbonyl (C=O) groups is 2. The van der Waals surface area contributed by atoms with E-state index in [0.717, 1.165) is 10.7 Å². The molecule has 1 N–H and O–H groups in total. The molecule has 0 heterocycles. The Morgan fingerprint density at radius 3 is 2.23 bits per heavy atom. The van der Waals surface area contributed by atoms with Crippen LogP contribution in [0.15, 0.2) is 71.6 Å². The summed E-state index contributed by atoms with van der Waals surface area (Å²) in [6.07, 6.45) is 1.03. The summed E-state index contributed by atoms with van der Waals surface area (Å²) in [7, 11) is -4.19. The number of amides is 2. The Morgan fingerprint density at radius 2 is 1.60 bits per heavy atom. The molecule has 11 heteroatoms. The predicted octanol–water partition coefficient (Wildman–Crippen LogP) is 6.48. The van der Waals surface area contributed by atoms with Gasteiger partial charge in [-0.25, -0.2) is 8.42 Å². The maximum Gasteiger partial charge on any atom is 0.264 e. The van der Waals surface area contributed by atoms with Gasteiger partial charge in [0.15, 0.2) is 0 Å². The number of rotatable bonds is 12. The molecule has 0 radical (unpaired) electrons. The summed E-state index contributed by atoms with van der Waals surface area (Å²) in [6, 6.07) is 16.8. The minimum absolute atomic E-state index is 0.0154. The van der Waals surface area contributed by atoms with E-state index in [1.807, 2.05) is 6.92 Å². The summed E-state index contributed by atoms with van der Waals surface area (Å²) in [5.74, 6) is -0.891. The molecule has 0 fully saturated rings. The molecule has 0 aliphatic carbocycles. The standard InChI is InChI=1S/C29H32Cl3N3O4S/c1-4-16-33-29(37)26(5-2)34(18-21-14-15-24(31)25(32)17-21)28(36)19-35(27-13-9-12-23(30)20(27)3)40(38,39)22-10-7-6-8-11-22/h6-15,17,26H,4-5,16,18-19H2,1-3H3,(H,33,37)/t26-/m1/s1. The third kappa shape index (κ3) is 7.49. The van der Waals surface area contributed by atoms with E-state index >= 15 is 0 Å². The Morgan fingerprint density at radius 1 is 0.900 bits per heavy atom. The lowest BCUT2D eigenvalue weighted by molar-refractivity contribution is -0.140. The molecular formula is C29H32Cl3N3O4S. The zero-order valence-corrected chi connectivity index (χ0v) is 25.6. The molecule has 0 aromatic heterocycles. The normalized spacial score (nSPS) is 12.1. The van der Waals surface area contributed by atoms with Crippen LogP contribution in [0.3, 0.4) is 0 Å². The van der Waals surface area contributed by atoms with Crippen LogP contribution in [0.2, 0.25) is 15.1 Å². The molecule has 214 valence electrons. The Labute approximate surface area is 251 Å². The van der Waals surface area contributed by atoms with Gasteiger partial charge in [-0.3, -0.25) is 13.9 Å². The van der Waals surface area contributed by atoms with E-state index in [4.69, 9.17) is 34.8 Å². The highest BCUT2D eigenvalue weighted by Gasteiger charge is 2.34. The molecule has 2 amide bonds. The van der Waals surface area contributed by atoms with Gasteiger partial charge in [0, 0.05) is 18.1 Å². The Hall–Kier alpha value is -2.78. The second kappa shape index (κ2) is 14.2. The summed E-state index contributed by atoms with van der Waals surface area (Å²) in [5.41, 5.74) is 1.41. The van der Waals surface area contributed by atoms with Crippen LogP contribution in [0.4, 0.5) is 5.69 Å². The Balaban J connectivity index is 2.09. The van der Waals surface area contributed by atoms with Gasteiger partial charge in [-0.1, -0.05) is 79.0 Å². The van der Waals surface area contributed by atoms with Gasteiger partial charge in [0.1, 0.15) is 12.6 Å². The van der Waals surface area contributed by atoms with Gasteiger partial charge in [-0.05, 0) is 67.3 Å². The Kier molecular flexibility index (Phi) is 11.3. The fraction of sp³-hybridized carbons (Fsp3) is 0.310. The van der Waals surface area contributed by atoms with Crippen molar-refractivity contribution in [3.05, 3.63) is 92.9 Å². The molecular weight excluding hydrogens is 593 g/mol. The molecule has 0 bridgehead atoms. The summed E-state index contributed by atoms with van der Waals surface area (Å²) < 4.78 is 28.9. The third-order valence-electron chi connectivity index (χ3n) is 6.39. The fourth-order valence-corrected chi connectivity index (χ4v) is 6.20. The lowest BCUT2D eigenvalue weighted by Crippen LogP contribution is -2.52. The molecule has 3 aromatic rings. The van der Waals surface area contributed by atoms with Gasteiger partial charge in [-0.2, -0.15) is 0 Å². The Bertz CT molecular complexity index is 1450. The molecule has 3 aromatic carbocycles. The number of benzene rings is 3. The van der Waals surface area contributed by atoms with Crippen molar-refractivity contribution < 1.29 is 18.0 Å². The first-order chi connectivity index (χ1) is 19.0. The van der Waals surface area contributed by atoms with Crippen LogP contribution < -0.4 is 9.62 Å². The highest BCUT2D eigenvalue weighted by molar-refractivity contribution is 7.92. The minimum Gasteiger partial charge on any atom is -0.354 e. The van der Waals surface area contributed by atoms with Crippen LogP contribution in [0.1, 0.15) is 37.8 Å². The highest BCUT2D eigenvalue weighted by atomic mass is 35.5. The number of halogens is 3.